The highest BCUT2D eigenvalue weighted by molar-refractivity contribution is 5.09. The van der Waals surface area contributed by atoms with Gasteiger partial charge in [-0.2, -0.15) is 5.10 Å². The predicted molar refractivity (Wildman–Crippen MR) is 64.6 cm³/mol. The summed E-state index contributed by atoms with van der Waals surface area (Å²) in [7, 11) is 1.90. The lowest BCUT2D eigenvalue weighted by molar-refractivity contribution is -0.0626. The van der Waals surface area contributed by atoms with Crippen LogP contribution in [-0.2, 0) is 11.8 Å². The van der Waals surface area contributed by atoms with Crippen LogP contribution in [0.4, 0.5) is 0 Å². The van der Waals surface area contributed by atoms with Gasteiger partial charge in [0.25, 0.3) is 0 Å². The van der Waals surface area contributed by atoms with E-state index in [2.05, 4.69) is 17.3 Å². The maximum Gasteiger partial charge on any atom is 0.0815 e. The summed E-state index contributed by atoms with van der Waals surface area (Å²) in [5.41, 5.74) is 0.525. The quantitative estimate of drug-likeness (QED) is 0.808. The minimum atomic E-state index is -0.616. The lowest BCUT2D eigenvalue weighted by Crippen LogP contribution is -2.45. The fourth-order valence-electron chi connectivity index (χ4n) is 2.05. The van der Waals surface area contributed by atoms with Gasteiger partial charge in [-0.25, -0.2) is 0 Å². The summed E-state index contributed by atoms with van der Waals surface area (Å²) in [6.45, 7) is 3.99. The third kappa shape index (κ3) is 3.28. The first kappa shape index (κ1) is 12.5. The Morgan fingerprint density at radius 1 is 1.59 bits per heavy atom. The Kier molecular flexibility index (Phi) is 3.81. The largest absolute Gasteiger partial charge is 0.388 e. The maximum absolute atomic E-state index is 10.3. The molecule has 1 aliphatic rings. The zero-order chi connectivity index (χ0) is 12.3. The molecule has 0 saturated carbocycles. The third-order valence-electron chi connectivity index (χ3n) is 3.39. The fraction of sp³-hybridized carbons (Fsp3) is 0.750. The van der Waals surface area contributed by atoms with Gasteiger partial charge in [0.05, 0.1) is 11.8 Å². The van der Waals surface area contributed by atoms with Crippen molar-refractivity contribution in [3.05, 3.63) is 18.0 Å². The lowest BCUT2D eigenvalue weighted by Gasteiger charge is -2.33. The van der Waals surface area contributed by atoms with Crippen LogP contribution in [-0.4, -0.2) is 40.2 Å². The highest BCUT2D eigenvalue weighted by Gasteiger charge is 2.29. The summed E-state index contributed by atoms with van der Waals surface area (Å²) in [6, 6.07) is 0.204. The van der Waals surface area contributed by atoms with Gasteiger partial charge in [0.1, 0.15) is 0 Å². The Balaban J connectivity index is 1.85. The number of aryl methyl sites for hydroxylation is 1. The summed E-state index contributed by atoms with van der Waals surface area (Å²) < 4.78 is 7.05. The first-order valence-corrected chi connectivity index (χ1v) is 6.11. The molecular formula is C12H21N3O2. The first-order valence-electron chi connectivity index (χ1n) is 6.11. The summed E-state index contributed by atoms with van der Waals surface area (Å²) in [6.07, 6.45) is 5.26. The molecule has 1 fully saturated rings. The van der Waals surface area contributed by atoms with Gasteiger partial charge < -0.3 is 15.2 Å². The van der Waals surface area contributed by atoms with Crippen LogP contribution in [0.5, 0.6) is 0 Å². The van der Waals surface area contributed by atoms with Gasteiger partial charge in [-0.15, -0.1) is 0 Å². The van der Waals surface area contributed by atoms with E-state index in [9.17, 15) is 5.11 Å². The number of nitrogens with zero attached hydrogens (tertiary/aromatic N) is 2. The molecule has 0 bridgehead atoms. The van der Waals surface area contributed by atoms with Crippen molar-refractivity contribution >= 4 is 0 Å². The molecular weight excluding hydrogens is 218 g/mol. The molecule has 0 radical (unpaired) electrons. The zero-order valence-corrected chi connectivity index (χ0v) is 10.5. The highest BCUT2D eigenvalue weighted by Crippen LogP contribution is 2.21. The summed E-state index contributed by atoms with van der Waals surface area (Å²) in [5, 5.41) is 17.8. The number of ether oxygens (including phenoxy) is 1. The van der Waals surface area contributed by atoms with E-state index < -0.39 is 5.60 Å². The van der Waals surface area contributed by atoms with Crippen LogP contribution < -0.4 is 5.32 Å². The zero-order valence-electron chi connectivity index (χ0n) is 10.5. The number of aliphatic hydroxyl groups is 1. The second-order valence-electron chi connectivity index (χ2n) is 4.89. The fourth-order valence-corrected chi connectivity index (χ4v) is 2.05. The molecule has 5 heteroatoms. The van der Waals surface area contributed by atoms with Crippen molar-refractivity contribution in [2.45, 2.75) is 31.4 Å². The number of nitrogens with one attached hydrogen (secondary N) is 1. The minimum absolute atomic E-state index is 0.204. The van der Waals surface area contributed by atoms with Gasteiger partial charge in [-0.1, -0.05) is 0 Å². The van der Waals surface area contributed by atoms with E-state index >= 15 is 0 Å². The molecule has 0 aromatic carbocycles. The Hall–Kier alpha value is -0.910. The molecule has 2 heterocycles. The van der Waals surface area contributed by atoms with Crippen molar-refractivity contribution in [2.75, 3.05) is 19.8 Å². The standard InChI is InChI=1S/C12H21N3O2/c1-10(11-7-14-15(2)8-11)13-9-12(16)3-5-17-6-4-12/h7-8,10,13,16H,3-6,9H2,1-2H3. The van der Waals surface area contributed by atoms with Crippen molar-refractivity contribution in [2.24, 2.45) is 7.05 Å². The molecule has 2 rings (SSSR count). The number of hydrogen-bond acceptors (Lipinski definition) is 4. The third-order valence-corrected chi connectivity index (χ3v) is 3.39. The Labute approximate surface area is 102 Å². The first-order chi connectivity index (χ1) is 8.09. The molecule has 1 aromatic heterocycles. The molecule has 1 atom stereocenters. The van der Waals surface area contributed by atoms with E-state index in [1.165, 1.54) is 0 Å². The van der Waals surface area contributed by atoms with Gasteiger partial charge >= 0.3 is 0 Å². The van der Waals surface area contributed by atoms with Crippen LogP contribution in [0.3, 0.4) is 0 Å². The number of aromatic nitrogens is 2. The maximum atomic E-state index is 10.3. The molecule has 17 heavy (non-hydrogen) atoms. The van der Waals surface area contributed by atoms with Gasteiger partial charge in [0.2, 0.25) is 0 Å². The number of rotatable bonds is 4. The van der Waals surface area contributed by atoms with Crippen molar-refractivity contribution in [1.82, 2.24) is 15.1 Å². The molecule has 0 amide bonds. The van der Waals surface area contributed by atoms with Crippen LogP contribution in [0, 0.1) is 0 Å². The monoisotopic (exact) mass is 239 g/mol. The van der Waals surface area contributed by atoms with Crippen LogP contribution in [0.1, 0.15) is 31.4 Å². The molecule has 1 saturated heterocycles. The smallest absolute Gasteiger partial charge is 0.0815 e. The van der Waals surface area contributed by atoms with Crippen molar-refractivity contribution in [3.8, 4) is 0 Å². The van der Waals surface area contributed by atoms with E-state index in [1.807, 2.05) is 19.4 Å². The summed E-state index contributed by atoms with van der Waals surface area (Å²) >= 11 is 0. The Morgan fingerprint density at radius 2 is 2.29 bits per heavy atom. The van der Waals surface area contributed by atoms with Gasteiger partial charge in [0.15, 0.2) is 0 Å². The predicted octanol–water partition coefficient (Wildman–Crippen LogP) is 0.612. The van der Waals surface area contributed by atoms with Crippen molar-refractivity contribution in [1.29, 1.82) is 0 Å². The summed E-state index contributed by atoms with van der Waals surface area (Å²) in [5.74, 6) is 0. The Morgan fingerprint density at radius 3 is 2.88 bits per heavy atom. The van der Waals surface area contributed by atoms with Crippen LogP contribution in [0.25, 0.3) is 0 Å². The van der Waals surface area contributed by atoms with Gasteiger partial charge in [-0.05, 0) is 6.92 Å². The normalized spacial score (nSPS) is 21.4. The second-order valence-corrected chi connectivity index (χ2v) is 4.89. The van der Waals surface area contributed by atoms with E-state index in [0.717, 1.165) is 5.56 Å². The van der Waals surface area contributed by atoms with Crippen LogP contribution in [0.15, 0.2) is 12.4 Å². The van der Waals surface area contributed by atoms with E-state index in [1.54, 1.807) is 4.68 Å². The lowest BCUT2D eigenvalue weighted by atomic mass is 9.94. The van der Waals surface area contributed by atoms with Gasteiger partial charge in [-0.3, -0.25) is 4.68 Å². The SMILES string of the molecule is CC(NCC1(O)CCOCC1)c1cnn(C)c1. The van der Waals surface area contributed by atoms with E-state index in [-0.39, 0.29) is 6.04 Å². The average Bonchev–Trinajstić information content (AvgIpc) is 2.74. The Bertz CT molecular complexity index is 358. The van der Waals surface area contributed by atoms with Crippen molar-refractivity contribution in [3.63, 3.8) is 0 Å². The second kappa shape index (κ2) is 5.16. The molecule has 1 aliphatic heterocycles. The average molecular weight is 239 g/mol. The highest BCUT2D eigenvalue weighted by atomic mass is 16.5. The summed E-state index contributed by atoms with van der Waals surface area (Å²) in [4.78, 5) is 0. The molecule has 5 nitrogen and oxygen atoms in total. The molecule has 2 N–H and O–H groups in total. The molecule has 1 aromatic rings. The molecule has 96 valence electrons. The van der Waals surface area contributed by atoms with Crippen LogP contribution in [0.2, 0.25) is 0 Å². The molecule has 0 aliphatic carbocycles. The molecule has 0 spiro atoms. The number of hydrogen-bond donors (Lipinski definition) is 2. The molecule has 1 unspecified atom stereocenters. The van der Waals surface area contributed by atoms with Gasteiger partial charge in [0, 0.05) is 57.4 Å². The van der Waals surface area contributed by atoms with Crippen molar-refractivity contribution < 1.29 is 9.84 Å². The topological polar surface area (TPSA) is 59.3 Å². The van der Waals surface area contributed by atoms with E-state index in [0.29, 0.717) is 32.6 Å². The minimum Gasteiger partial charge on any atom is -0.388 e. The van der Waals surface area contributed by atoms with Crippen LogP contribution >= 0.6 is 0 Å². The van der Waals surface area contributed by atoms with E-state index in [4.69, 9.17) is 4.74 Å².